The zero-order valence-corrected chi connectivity index (χ0v) is 12.9. The molecule has 0 spiro atoms. The van der Waals surface area contributed by atoms with Crippen molar-refractivity contribution in [3.8, 4) is 11.1 Å². The maximum absolute atomic E-state index is 11.9. The number of amides is 2. The standard InChI is InChI=1S/C17H21N3O2/c1-13(19-17(22)20(2)10-11-21)14-5-7-15(8-6-14)16-4-3-9-18-12-16/h3-9,12-13,21H,10-11H2,1-2H3,(H,19,22). The molecule has 2 amide bonds. The van der Waals surface area contributed by atoms with E-state index in [4.69, 9.17) is 5.11 Å². The molecule has 0 bridgehead atoms. The lowest BCUT2D eigenvalue weighted by Crippen LogP contribution is -2.39. The second-order valence-electron chi connectivity index (χ2n) is 5.18. The number of rotatable bonds is 5. The average Bonchev–Trinajstić information content (AvgIpc) is 2.56. The summed E-state index contributed by atoms with van der Waals surface area (Å²) < 4.78 is 0. The molecular weight excluding hydrogens is 278 g/mol. The van der Waals surface area contributed by atoms with Gasteiger partial charge in [-0.2, -0.15) is 0 Å². The van der Waals surface area contributed by atoms with Gasteiger partial charge in [-0.05, 0) is 29.7 Å². The summed E-state index contributed by atoms with van der Waals surface area (Å²) in [7, 11) is 1.66. The van der Waals surface area contributed by atoms with Gasteiger partial charge in [0.15, 0.2) is 0 Å². The smallest absolute Gasteiger partial charge is 0.317 e. The minimum atomic E-state index is -0.196. The fraction of sp³-hybridized carbons (Fsp3) is 0.294. The van der Waals surface area contributed by atoms with Gasteiger partial charge in [0, 0.05) is 26.0 Å². The highest BCUT2D eigenvalue weighted by Crippen LogP contribution is 2.21. The molecule has 0 radical (unpaired) electrons. The van der Waals surface area contributed by atoms with Crippen molar-refractivity contribution >= 4 is 6.03 Å². The predicted molar refractivity (Wildman–Crippen MR) is 86.3 cm³/mol. The van der Waals surface area contributed by atoms with E-state index in [9.17, 15) is 4.79 Å². The van der Waals surface area contributed by atoms with Crippen LogP contribution in [-0.2, 0) is 0 Å². The Labute approximate surface area is 130 Å². The van der Waals surface area contributed by atoms with Crippen molar-refractivity contribution in [2.45, 2.75) is 13.0 Å². The number of aromatic nitrogens is 1. The summed E-state index contributed by atoms with van der Waals surface area (Å²) in [6.07, 6.45) is 3.57. The molecule has 0 saturated carbocycles. The van der Waals surface area contributed by atoms with Crippen molar-refractivity contribution in [1.29, 1.82) is 0 Å². The summed E-state index contributed by atoms with van der Waals surface area (Å²) >= 11 is 0. The SMILES string of the molecule is CC(NC(=O)N(C)CCO)c1ccc(-c2cccnc2)cc1. The Morgan fingerprint density at radius 1 is 1.27 bits per heavy atom. The van der Waals surface area contributed by atoms with Gasteiger partial charge in [0.25, 0.3) is 0 Å². The zero-order valence-electron chi connectivity index (χ0n) is 12.9. The van der Waals surface area contributed by atoms with Crippen LogP contribution in [0.4, 0.5) is 4.79 Å². The maximum atomic E-state index is 11.9. The predicted octanol–water partition coefficient (Wildman–Crippen LogP) is 2.44. The summed E-state index contributed by atoms with van der Waals surface area (Å²) in [5.41, 5.74) is 3.18. The molecule has 5 nitrogen and oxygen atoms in total. The Bertz CT molecular complexity index is 599. The molecule has 116 valence electrons. The van der Waals surface area contributed by atoms with Crippen molar-refractivity contribution in [3.05, 3.63) is 54.4 Å². The van der Waals surface area contributed by atoms with Crippen LogP contribution >= 0.6 is 0 Å². The fourth-order valence-corrected chi connectivity index (χ4v) is 2.13. The summed E-state index contributed by atoms with van der Waals surface area (Å²) in [6.45, 7) is 2.21. The number of aliphatic hydroxyl groups is 1. The second-order valence-corrected chi connectivity index (χ2v) is 5.18. The number of carbonyl (C=O) groups excluding carboxylic acids is 1. The van der Waals surface area contributed by atoms with Crippen LogP contribution in [0.3, 0.4) is 0 Å². The lowest BCUT2D eigenvalue weighted by atomic mass is 10.0. The number of hydrogen-bond donors (Lipinski definition) is 2. The topological polar surface area (TPSA) is 65.5 Å². The number of nitrogens with one attached hydrogen (secondary N) is 1. The van der Waals surface area contributed by atoms with Crippen LogP contribution in [-0.4, -0.2) is 41.2 Å². The van der Waals surface area contributed by atoms with E-state index >= 15 is 0 Å². The largest absolute Gasteiger partial charge is 0.395 e. The molecule has 0 aliphatic heterocycles. The van der Waals surface area contributed by atoms with Gasteiger partial charge in [0.1, 0.15) is 0 Å². The van der Waals surface area contributed by atoms with E-state index in [0.717, 1.165) is 16.7 Å². The summed E-state index contributed by atoms with van der Waals surface area (Å²) in [5, 5.41) is 11.8. The van der Waals surface area contributed by atoms with Crippen LogP contribution in [0.5, 0.6) is 0 Å². The first-order valence-corrected chi connectivity index (χ1v) is 7.24. The Kier molecular flexibility index (Phi) is 5.49. The molecule has 2 aromatic rings. The molecule has 1 aromatic carbocycles. The van der Waals surface area contributed by atoms with Crippen LogP contribution in [0.2, 0.25) is 0 Å². The van der Waals surface area contributed by atoms with Crippen LogP contribution in [0.1, 0.15) is 18.5 Å². The highest BCUT2D eigenvalue weighted by molar-refractivity contribution is 5.74. The third-order valence-electron chi connectivity index (χ3n) is 3.53. The van der Waals surface area contributed by atoms with E-state index in [1.165, 1.54) is 4.90 Å². The van der Waals surface area contributed by atoms with Gasteiger partial charge in [0.05, 0.1) is 12.6 Å². The molecule has 1 aromatic heterocycles. The molecule has 0 saturated heterocycles. The molecule has 0 aliphatic rings. The van der Waals surface area contributed by atoms with Crippen molar-refractivity contribution in [3.63, 3.8) is 0 Å². The van der Waals surface area contributed by atoms with Crippen molar-refractivity contribution in [2.24, 2.45) is 0 Å². The van der Waals surface area contributed by atoms with Gasteiger partial charge in [-0.15, -0.1) is 0 Å². The molecule has 2 N–H and O–H groups in total. The molecule has 0 aliphatic carbocycles. The first kappa shape index (κ1) is 16.0. The number of benzene rings is 1. The van der Waals surface area contributed by atoms with Gasteiger partial charge < -0.3 is 15.3 Å². The zero-order chi connectivity index (χ0) is 15.9. The van der Waals surface area contributed by atoms with E-state index in [0.29, 0.717) is 6.54 Å². The van der Waals surface area contributed by atoms with E-state index < -0.39 is 0 Å². The van der Waals surface area contributed by atoms with E-state index in [1.807, 2.05) is 49.5 Å². The number of hydrogen-bond acceptors (Lipinski definition) is 3. The maximum Gasteiger partial charge on any atom is 0.317 e. The molecule has 2 rings (SSSR count). The van der Waals surface area contributed by atoms with E-state index in [1.54, 1.807) is 13.2 Å². The normalized spacial score (nSPS) is 11.8. The van der Waals surface area contributed by atoms with Crippen LogP contribution in [0.15, 0.2) is 48.8 Å². The van der Waals surface area contributed by atoms with Gasteiger partial charge in [0.2, 0.25) is 0 Å². The fourth-order valence-electron chi connectivity index (χ4n) is 2.13. The van der Waals surface area contributed by atoms with Gasteiger partial charge in [-0.1, -0.05) is 30.3 Å². The van der Waals surface area contributed by atoms with Crippen molar-refractivity contribution in [2.75, 3.05) is 20.2 Å². The average molecular weight is 299 g/mol. The minimum Gasteiger partial charge on any atom is -0.395 e. The third kappa shape index (κ3) is 4.05. The number of likely N-dealkylation sites (N-methyl/N-ethyl adjacent to an activating group) is 1. The Morgan fingerprint density at radius 3 is 2.59 bits per heavy atom. The Morgan fingerprint density at radius 2 is 2.00 bits per heavy atom. The number of urea groups is 1. The summed E-state index contributed by atoms with van der Waals surface area (Å²) in [6, 6.07) is 11.7. The van der Waals surface area contributed by atoms with Gasteiger partial charge in [-0.25, -0.2) is 4.79 Å². The molecule has 1 heterocycles. The second kappa shape index (κ2) is 7.56. The minimum absolute atomic E-state index is 0.0435. The molecule has 5 heteroatoms. The highest BCUT2D eigenvalue weighted by Gasteiger charge is 2.12. The summed E-state index contributed by atoms with van der Waals surface area (Å²) in [5.74, 6) is 0. The molecule has 1 atom stereocenters. The Balaban J connectivity index is 2.02. The number of carbonyl (C=O) groups is 1. The van der Waals surface area contributed by atoms with Crippen LogP contribution in [0, 0.1) is 0 Å². The number of pyridine rings is 1. The number of aliphatic hydroxyl groups excluding tert-OH is 1. The third-order valence-corrected chi connectivity index (χ3v) is 3.53. The first-order chi connectivity index (χ1) is 10.6. The van der Waals surface area contributed by atoms with E-state index in [-0.39, 0.29) is 18.7 Å². The van der Waals surface area contributed by atoms with Crippen LogP contribution in [0.25, 0.3) is 11.1 Å². The monoisotopic (exact) mass is 299 g/mol. The highest BCUT2D eigenvalue weighted by atomic mass is 16.3. The van der Waals surface area contributed by atoms with Crippen LogP contribution < -0.4 is 5.32 Å². The van der Waals surface area contributed by atoms with E-state index in [2.05, 4.69) is 10.3 Å². The molecular formula is C17H21N3O2. The molecule has 1 unspecified atom stereocenters. The number of nitrogens with zero attached hydrogens (tertiary/aromatic N) is 2. The van der Waals surface area contributed by atoms with Gasteiger partial charge in [-0.3, -0.25) is 4.98 Å². The van der Waals surface area contributed by atoms with Gasteiger partial charge >= 0.3 is 6.03 Å². The van der Waals surface area contributed by atoms with Crippen molar-refractivity contribution in [1.82, 2.24) is 15.2 Å². The van der Waals surface area contributed by atoms with Crippen molar-refractivity contribution < 1.29 is 9.90 Å². The lowest BCUT2D eigenvalue weighted by Gasteiger charge is -2.21. The molecule has 22 heavy (non-hydrogen) atoms. The molecule has 0 fully saturated rings. The summed E-state index contributed by atoms with van der Waals surface area (Å²) in [4.78, 5) is 17.5. The Hall–Kier alpha value is -2.40. The lowest BCUT2D eigenvalue weighted by molar-refractivity contribution is 0.188. The quantitative estimate of drug-likeness (QED) is 0.891. The first-order valence-electron chi connectivity index (χ1n) is 7.24.